The Morgan fingerprint density at radius 1 is 1.50 bits per heavy atom. The van der Waals surface area contributed by atoms with Crippen LogP contribution in [0.25, 0.3) is 0 Å². The smallest absolute Gasteiger partial charge is 0.175 e. The molecule has 0 amide bonds. The van der Waals surface area contributed by atoms with Crippen molar-refractivity contribution < 1.29 is 9.15 Å². The van der Waals surface area contributed by atoms with Crippen molar-refractivity contribution in [1.82, 2.24) is 5.32 Å². The van der Waals surface area contributed by atoms with Crippen molar-refractivity contribution >= 4 is 0 Å². The molecule has 0 saturated carbocycles. The lowest BCUT2D eigenvalue weighted by Crippen LogP contribution is -2.49. The molecule has 3 heteroatoms. The van der Waals surface area contributed by atoms with Gasteiger partial charge in [0.15, 0.2) is 11.5 Å². The average molecular weight is 195 g/mol. The molecule has 1 aliphatic rings. The third-order valence-corrected chi connectivity index (χ3v) is 2.65. The fraction of sp³-hybridized carbons (Fsp3) is 0.636. The van der Waals surface area contributed by atoms with Gasteiger partial charge in [-0.1, -0.05) is 6.92 Å². The predicted octanol–water partition coefficient (Wildman–Crippen LogP) is 2.02. The van der Waals surface area contributed by atoms with Gasteiger partial charge in [-0.2, -0.15) is 0 Å². The number of furan rings is 1. The van der Waals surface area contributed by atoms with Crippen molar-refractivity contribution in [3.63, 3.8) is 0 Å². The number of hydrogen-bond donors (Lipinski definition) is 1. The first-order valence-electron chi connectivity index (χ1n) is 5.06. The van der Waals surface area contributed by atoms with E-state index in [1.54, 1.807) is 0 Å². The molecular formula is C11H17NO2. The minimum atomic E-state index is -0.444. The molecule has 14 heavy (non-hydrogen) atoms. The maximum atomic E-state index is 5.77. The summed E-state index contributed by atoms with van der Waals surface area (Å²) in [5.74, 6) is 2.35. The number of rotatable bonds is 1. The Hall–Kier alpha value is -0.800. The van der Waals surface area contributed by atoms with E-state index in [4.69, 9.17) is 9.15 Å². The normalized spacial score (nSPS) is 33.2. The van der Waals surface area contributed by atoms with Crippen LogP contribution in [0.1, 0.15) is 25.4 Å². The molecule has 3 nitrogen and oxygen atoms in total. The Labute approximate surface area is 84.4 Å². The van der Waals surface area contributed by atoms with Crippen molar-refractivity contribution in [2.75, 3.05) is 13.2 Å². The van der Waals surface area contributed by atoms with E-state index in [2.05, 4.69) is 12.2 Å². The van der Waals surface area contributed by atoms with Crippen LogP contribution in [-0.4, -0.2) is 13.2 Å². The van der Waals surface area contributed by atoms with Gasteiger partial charge in [-0.15, -0.1) is 0 Å². The fourth-order valence-corrected chi connectivity index (χ4v) is 1.64. The number of hydrogen-bond acceptors (Lipinski definition) is 3. The van der Waals surface area contributed by atoms with E-state index >= 15 is 0 Å². The lowest BCUT2D eigenvalue weighted by Gasteiger charge is -2.36. The van der Waals surface area contributed by atoms with Gasteiger partial charge in [-0.25, -0.2) is 0 Å². The third kappa shape index (κ3) is 1.70. The van der Waals surface area contributed by atoms with Crippen LogP contribution in [0.3, 0.4) is 0 Å². The predicted molar refractivity (Wildman–Crippen MR) is 53.9 cm³/mol. The molecule has 0 radical (unpaired) electrons. The second kappa shape index (κ2) is 3.41. The maximum Gasteiger partial charge on any atom is 0.175 e. The second-order valence-electron chi connectivity index (χ2n) is 4.24. The Bertz CT molecular complexity index is 311. The summed E-state index contributed by atoms with van der Waals surface area (Å²) < 4.78 is 11.3. The zero-order valence-electron chi connectivity index (χ0n) is 8.96. The molecule has 1 fully saturated rings. The lowest BCUT2D eigenvalue weighted by atomic mass is 10.1. The molecule has 78 valence electrons. The van der Waals surface area contributed by atoms with Crippen LogP contribution in [0.2, 0.25) is 0 Å². The molecule has 2 atom stereocenters. The molecule has 1 saturated heterocycles. The van der Waals surface area contributed by atoms with E-state index < -0.39 is 5.72 Å². The number of aryl methyl sites for hydroxylation is 1. The van der Waals surface area contributed by atoms with Crippen molar-refractivity contribution in [2.45, 2.75) is 26.5 Å². The van der Waals surface area contributed by atoms with E-state index in [9.17, 15) is 0 Å². The van der Waals surface area contributed by atoms with Crippen molar-refractivity contribution in [3.8, 4) is 0 Å². The van der Waals surface area contributed by atoms with Gasteiger partial charge in [0, 0.05) is 6.54 Å². The minimum absolute atomic E-state index is 0.444. The summed E-state index contributed by atoms with van der Waals surface area (Å²) in [5.41, 5.74) is -0.444. The quantitative estimate of drug-likeness (QED) is 0.744. The first-order chi connectivity index (χ1) is 6.60. The molecule has 0 aromatic carbocycles. The highest BCUT2D eigenvalue weighted by atomic mass is 16.5. The Morgan fingerprint density at radius 2 is 2.29 bits per heavy atom. The Morgan fingerprint density at radius 3 is 2.79 bits per heavy atom. The van der Waals surface area contributed by atoms with E-state index in [0.29, 0.717) is 5.92 Å². The molecular weight excluding hydrogens is 178 g/mol. The van der Waals surface area contributed by atoms with E-state index in [1.807, 2.05) is 26.0 Å². The fourth-order valence-electron chi connectivity index (χ4n) is 1.64. The molecule has 0 spiro atoms. The van der Waals surface area contributed by atoms with Crippen molar-refractivity contribution in [1.29, 1.82) is 0 Å². The zero-order valence-corrected chi connectivity index (χ0v) is 8.96. The molecule has 1 aromatic heterocycles. The minimum Gasteiger partial charge on any atom is -0.462 e. The van der Waals surface area contributed by atoms with E-state index in [-0.39, 0.29) is 0 Å². The molecule has 2 rings (SSSR count). The van der Waals surface area contributed by atoms with Crippen LogP contribution >= 0.6 is 0 Å². The highest BCUT2D eigenvalue weighted by Gasteiger charge is 2.34. The number of nitrogens with one attached hydrogen (secondary N) is 1. The van der Waals surface area contributed by atoms with E-state index in [0.717, 1.165) is 24.7 Å². The Kier molecular flexibility index (Phi) is 2.37. The van der Waals surface area contributed by atoms with E-state index in [1.165, 1.54) is 0 Å². The topological polar surface area (TPSA) is 34.4 Å². The number of ether oxygens (including phenoxy) is 1. The summed E-state index contributed by atoms with van der Waals surface area (Å²) in [6.07, 6.45) is 0. The molecule has 2 heterocycles. The molecule has 1 N–H and O–H groups in total. The highest BCUT2D eigenvalue weighted by molar-refractivity contribution is 5.12. The van der Waals surface area contributed by atoms with Crippen LogP contribution in [0.4, 0.5) is 0 Å². The van der Waals surface area contributed by atoms with Gasteiger partial charge in [0.2, 0.25) is 0 Å². The maximum absolute atomic E-state index is 5.77. The Balaban J connectivity index is 2.16. The molecule has 1 aromatic rings. The third-order valence-electron chi connectivity index (χ3n) is 2.65. The first-order valence-corrected chi connectivity index (χ1v) is 5.06. The summed E-state index contributed by atoms with van der Waals surface area (Å²) in [4.78, 5) is 0. The molecule has 2 unspecified atom stereocenters. The summed E-state index contributed by atoms with van der Waals surface area (Å²) in [7, 11) is 0. The van der Waals surface area contributed by atoms with Crippen LogP contribution in [0, 0.1) is 12.8 Å². The van der Waals surface area contributed by atoms with Crippen LogP contribution < -0.4 is 5.32 Å². The van der Waals surface area contributed by atoms with Crippen LogP contribution in [-0.2, 0) is 10.5 Å². The monoisotopic (exact) mass is 195 g/mol. The van der Waals surface area contributed by atoms with Crippen LogP contribution in [0.15, 0.2) is 16.5 Å². The summed E-state index contributed by atoms with van der Waals surface area (Å²) in [6.45, 7) is 7.87. The van der Waals surface area contributed by atoms with Gasteiger partial charge >= 0.3 is 0 Å². The average Bonchev–Trinajstić information content (AvgIpc) is 2.58. The highest BCUT2D eigenvalue weighted by Crippen LogP contribution is 2.27. The summed E-state index contributed by atoms with van der Waals surface area (Å²) >= 11 is 0. The zero-order chi connectivity index (χ0) is 10.2. The lowest BCUT2D eigenvalue weighted by molar-refractivity contribution is -0.118. The standard InChI is InChI=1S/C11H17NO2/c1-8-6-12-11(3,13-7-8)10-5-4-9(2)14-10/h4-5,8,12H,6-7H2,1-3H3. The SMILES string of the molecule is Cc1ccc(C2(C)NCC(C)CO2)o1. The summed E-state index contributed by atoms with van der Waals surface area (Å²) in [5, 5.41) is 3.36. The van der Waals surface area contributed by atoms with Crippen molar-refractivity contribution in [3.05, 3.63) is 23.7 Å². The van der Waals surface area contributed by atoms with Gasteiger partial charge in [0.1, 0.15) is 5.76 Å². The van der Waals surface area contributed by atoms with Crippen LogP contribution in [0.5, 0.6) is 0 Å². The first kappa shape index (κ1) is 9.74. The molecule has 0 aliphatic carbocycles. The van der Waals surface area contributed by atoms with Crippen molar-refractivity contribution in [2.24, 2.45) is 5.92 Å². The van der Waals surface area contributed by atoms with Gasteiger partial charge in [0.05, 0.1) is 6.61 Å². The van der Waals surface area contributed by atoms with Gasteiger partial charge in [0.25, 0.3) is 0 Å². The van der Waals surface area contributed by atoms with Gasteiger partial charge in [-0.3, -0.25) is 5.32 Å². The van der Waals surface area contributed by atoms with Gasteiger partial charge in [-0.05, 0) is 31.9 Å². The van der Waals surface area contributed by atoms with Gasteiger partial charge < -0.3 is 9.15 Å². The summed E-state index contributed by atoms with van der Waals surface area (Å²) in [6, 6.07) is 3.93. The largest absolute Gasteiger partial charge is 0.462 e. The molecule has 0 bridgehead atoms. The second-order valence-corrected chi connectivity index (χ2v) is 4.24. The molecule has 1 aliphatic heterocycles.